The van der Waals surface area contributed by atoms with Crippen molar-refractivity contribution in [1.82, 2.24) is 4.90 Å². The lowest BCUT2D eigenvalue weighted by Crippen LogP contribution is -2.44. The third-order valence-electron chi connectivity index (χ3n) is 6.70. The molecule has 1 aliphatic rings. The highest BCUT2D eigenvalue weighted by atomic mass is 19.4. The van der Waals surface area contributed by atoms with E-state index in [4.69, 9.17) is 19.9 Å². The number of ether oxygens (including phenoxy) is 1. The second-order valence-electron chi connectivity index (χ2n) is 9.26. The molecule has 0 radical (unpaired) electrons. The van der Waals surface area contributed by atoms with E-state index in [1.165, 1.54) is 0 Å². The van der Waals surface area contributed by atoms with Crippen LogP contribution in [0.3, 0.4) is 0 Å². The van der Waals surface area contributed by atoms with Crippen molar-refractivity contribution in [3.05, 3.63) is 102 Å². The fraction of sp³-hybridized carbons (Fsp3) is 0.333. The van der Waals surface area contributed by atoms with Crippen molar-refractivity contribution in [2.75, 3.05) is 26.2 Å². The normalized spacial score (nSPS) is 14.5. The average Bonchev–Trinajstić information content (AvgIpc) is 2.96. The topological polar surface area (TPSA) is 93.8 Å². The van der Waals surface area contributed by atoms with Crippen LogP contribution in [0.5, 0.6) is 5.75 Å². The SMILES string of the molecule is N#Cc1cccc(OCCCN2CCC(C(O)(c3ccccc3)c3ccccc3)CC2)c1.O=C(O)C(F)(F)F. The largest absolute Gasteiger partial charge is 0.494 e. The van der Waals surface area contributed by atoms with Gasteiger partial charge in [0.15, 0.2) is 0 Å². The van der Waals surface area contributed by atoms with Gasteiger partial charge in [0.1, 0.15) is 11.4 Å². The summed E-state index contributed by atoms with van der Waals surface area (Å²) in [5.74, 6) is -1.83. The van der Waals surface area contributed by atoms with E-state index in [1.807, 2.05) is 72.8 Å². The first-order valence-electron chi connectivity index (χ1n) is 12.6. The molecule has 206 valence electrons. The molecule has 3 aromatic rings. The zero-order chi connectivity index (χ0) is 28.3. The number of carbonyl (C=O) groups is 1. The van der Waals surface area contributed by atoms with Gasteiger partial charge in [-0.3, -0.25) is 0 Å². The molecule has 0 aliphatic carbocycles. The Morgan fingerprint density at radius 3 is 1.97 bits per heavy atom. The number of benzene rings is 3. The summed E-state index contributed by atoms with van der Waals surface area (Å²) in [5.41, 5.74) is 1.59. The van der Waals surface area contributed by atoms with Crippen LogP contribution in [0.1, 0.15) is 36.0 Å². The van der Waals surface area contributed by atoms with Gasteiger partial charge in [0.05, 0.1) is 18.2 Å². The summed E-state index contributed by atoms with van der Waals surface area (Å²) in [4.78, 5) is 11.4. The molecule has 0 atom stereocenters. The lowest BCUT2D eigenvalue weighted by Gasteiger charge is -2.42. The fourth-order valence-corrected chi connectivity index (χ4v) is 4.73. The zero-order valence-electron chi connectivity index (χ0n) is 21.3. The average molecular weight is 541 g/mol. The molecule has 0 spiro atoms. The molecule has 0 aromatic heterocycles. The van der Waals surface area contributed by atoms with Crippen molar-refractivity contribution in [3.63, 3.8) is 0 Å². The lowest BCUT2D eigenvalue weighted by molar-refractivity contribution is -0.192. The number of aliphatic carboxylic acids is 1. The van der Waals surface area contributed by atoms with E-state index in [2.05, 4.69) is 11.0 Å². The minimum absolute atomic E-state index is 0.175. The minimum Gasteiger partial charge on any atom is -0.494 e. The standard InChI is InChI=1S/C28H30N2O2.C2HF3O2/c29-22-23-9-7-14-27(21-23)32-20-8-17-30-18-15-26(16-19-30)28(31,24-10-3-1-4-11-24)25-12-5-2-6-13-25;3-2(4,5)1(6)7/h1-7,9-14,21,26,31H,8,15-20H2;(H,6,7). The van der Waals surface area contributed by atoms with Crippen LogP contribution >= 0.6 is 0 Å². The number of rotatable bonds is 8. The molecule has 0 unspecified atom stereocenters. The molecule has 0 amide bonds. The minimum atomic E-state index is -5.08. The maximum absolute atomic E-state index is 12.0. The van der Waals surface area contributed by atoms with Crippen LogP contribution in [0.2, 0.25) is 0 Å². The number of hydrogen-bond acceptors (Lipinski definition) is 5. The van der Waals surface area contributed by atoms with E-state index in [1.54, 1.807) is 12.1 Å². The maximum Gasteiger partial charge on any atom is 0.490 e. The molecule has 0 saturated carbocycles. The summed E-state index contributed by atoms with van der Waals surface area (Å²) in [7, 11) is 0. The summed E-state index contributed by atoms with van der Waals surface area (Å²) in [6, 6.07) is 29.6. The van der Waals surface area contributed by atoms with Crippen LogP contribution in [0.15, 0.2) is 84.9 Å². The first-order chi connectivity index (χ1) is 18.6. The van der Waals surface area contributed by atoms with E-state index in [9.17, 15) is 18.3 Å². The number of likely N-dealkylation sites (tertiary alicyclic amines) is 1. The number of nitrogens with zero attached hydrogens (tertiary/aromatic N) is 2. The predicted octanol–water partition coefficient (Wildman–Crippen LogP) is 5.61. The summed E-state index contributed by atoms with van der Waals surface area (Å²) < 4.78 is 37.5. The molecule has 9 heteroatoms. The van der Waals surface area contributed by atoms with Crippen LogP contribution in [0.25, 0.3) is 0 Å². The van der Waals surface area contributed by atoms with Crippen molar-refractivity contribution in [2.24, 2.45) is 5.92 Å². The first-order valence-corrected chi connectivity index (χ1v) is 12.6. The Hall–Kier alpha value is -3.87. The number of carboxylic acid groups (broad SMARTS) is 1. The molecule has 2 N–H and O–H groups in total. The number of nitriles is 1. The summed E-state index contributed by atoms with van der Waals surface area (Å²) in [6.45, 7) is 3.54. The molecule has 0 bridgehead atoms. The van der Waals surface area contributed by atoms with Gasteiger partial charge in [-0.2, -0.15) is 18.4 Å². The number of carboxylic acids is 1. The van der Waals surface area contributed by atoms with Gasteiger partial charge >= 0.3 is 12.1 Å². The molecule has 1 aliphatic heterocycles. The van der Waals surface area contributed by atoms with E-state index >= 15 is 0 Å². The van der Waals surface area contributed by atoms with Crippen molar-refractivity contribution in [3.8, 4) is 11.8 Å². The first kappa shape index (κ1) is 29.7. The molecule has 4 rings (SSSR count). The zero-order valence-corrected chi connectivity index (χ0v) is 21.3. The highest BCUT2D eigenvalue weighted by Crippen LogP contribution is 2.41. The van der Waals surface area contributed by atoms with Crippen molar-refractivity contribution in [1.29, 1.82) is 5.26 Å². The van der Waals surface area contributed by atoms with Crippen LogP contribution < -0.4 is 4.74 Å². The van der Waals surface area contributed by atoms with Gasteiger partial charge in [0, 0.05) is 6.54 Å². The number of alkyl halides is 3. The van der Waals surface area contributed by atoms with Crippen molar-refractivity contribution >= 4 is 5.97 Å². The lowest BCUT2D eigenvalue weighted by atomic mass is 9.72. The molecule has 1 fully saturated rings. The van der Waals surface area contributed by atoms with Gasteiger partial charge in [-0.05, 0) is 67.6 Å². The van der Waals surface area contributed by atoms with Crippen molar-refractivity contribution in [2.45, 2.75) is 31.0 Å². The van der Waals surface area contributed by atoms with E-state index in [0.717, 1.165) is 55.8 Å². The van der Waals surface area contributed by atoms with Gasteiger partial charge in [0.25, 0.3) is 0 Å². The van der Waals surface area contributed by atoms with Gasteiger partial charge in [-0.1, -0.05) is 66.7 Å². The van der Waals surface area contributed by atoms with Crippen molar-refractivity contribution < 1.29 is 32.9 Å². The number of aliphatic hydroxyl groups is 1. The second-order valence-corrected chi connectivity index (χ2v) is 9.26. The molecule has 6 nitrogen and oxygen atoms in total. The van der Waals surface area contributed by atoms with Gasteiger partial charge in [-0.15, -0.1) is 0 Å². The molecule has 39 heavy (non-hydrogen) atoms. The second kappa shape index (κ2) is 13.8. The smallest absolute Gasteiger partial charge is 0.490 e. The number of halogens is 3. The van der Waals surface area contributed by atoms with Gasteiger partial charge in [-0.25, -0.2) is 4.79 Å². The van der Waals surface area contributed by atoms with Crippen LogP contribution in [-0.4, -0.2) is 53.5 Å². The Bertz CT molecular complexity index is 1180. The Morgan fingerprint density at radius 1 is 0.949 bits per heavy atom. The van der Waals surface area contributed by atoms with Crippen LogP contribution in [0, 0.1) is 17.2 Å². The third-order valence-corrected chi connectivity index (χ3v) is 6.70. The Kier molecular flexibility index (Phi) is 10.5. The van der Waals surface area contributed by atoms with Gasteiger partial charge in [0.2, 0.25) is 0 Å². The summed E-state index contributed by atoms with van der Waals surface area (Å²) >= 11 is 0. The molecule has 1 heterocycles. The fourth-order valence-electron chi connectivity index (χ4n) is 4.73. The molecular weight excluding hydrogens is 509 g/mol. The highest BCUT2D eigenvalue weighted by Gasteiger charge is 2.41. The Balaban J connectivity index is 0.000000532. The third kappa shape index (κ3) is 8.31. The van der Waals surface area contributed by atoms with E-state index in [0.29, 0.717) is 12.2 Å². The maximum atomic E-state index is 12.0. The molecule has 3 aromatic carbocycles. The number of hydrogen-bond donors (Lipinski definition) is 2. The van der Waals surface area contributed by atoms with Gasteiger partial charge < -0.3 is 19.8 Å². The molecular formula is C30H31F3N2O4. The van der Waals surface area contributed by atoms with Crippen LogP contribution in [0.4, 0.5) is 13.2 Å². The quantitative estimate of drug-likeness (QED) is 0.361. The predicted molar refractivity (Wildman–Crippen MR) is 140 cm³/mol. The molecule has 1 saturated heterocycles. The summed E-state index contributed by atoms with van der Waals surface area (Å²) in [5, 5.41) is 28.1. The van der Waals surface area contributed by atoms with Crippen LogP contribution in [-0.2, 0) is 10.4 Å². The Labute approximate surface area is 225 Å². The Morgan fingerprint density at radius 2 is 1.49 bits per heavy atom. The van der Waals surface area contributed by atoms with E-state index in [-0.39, 0.29) is 5.92 Å². The number of piperidine rings is 1. The summed E-state index contributed by atoms with van der Waals surface area (Å²) in [6.07, 6.45) is -2.25. The van der Waals surface area contributed by atoms with E-state index < -0.39 is 17.7 Å². The highest BCUT2D eigenvalue weighted by molar-refractivity contribution is 5.73. The monoisotopic (exact) mass is 540 g/mol.